The number of hydrogen-bond donors (Lipinski definition) is 3. The van der Waals surface area contributed by atoms with Crippen LogP contribution in [0.5, 0.6) is 11.5 Å². The summed E-state index contributed by atoms with van der Waals surface area (Å²) >= 11 is 0. The molecule has 138 valence electrons. The van der Waals surface area contributed by atoms with Gasteiger partial charge >= 0.3 is 5.97 Å². The van der Waals surface area contributed by atoms with Gasteiger partial charge in [-0.3, -0.25) is 4.90 Å². The lowest BCUT2D eigenvalue weighted by Crippen LogP contribution is -2.58. The first-order chi connectivity index (χ1) is 12.5. The Morgan fingerprint density at radius 1 is 1.12 bits per heavy atom. The van der Waals surface area contributed by atoms with Crippen LogP contribution in [0.15, 0.2) is 22.1 Å². The van der Waals surface area contributed by atoms with E-state index in [1.807, 2.05) is 0 Å². The molecule has 0 saturated heterocycles. The van der Waals surface area contributed by atoms with Crippen molar-refractivity contribution < 1.29 is 19.4 Å². The third kappa shape index (κ3) is 2.59. The second kappa shape index (κ2) is 6.08. The molecule has 1 fully saturated rings. The fourth-order valence-electron chi connectivity index (χ4n) is 3.90. The first-order valence-electron chi connectivity index (χ1n) is 8.67. The Hall–Kier alpha value is -2.97. The van der Waals surface area contributed by atoms with E-state index in [2.05, 4.69) is 9.98 Å². The highest BCUT2D eigenvalue weighted by molar-refractivity contribution is 6.09. The van der Waals surface area contributed by atoms with Gasteiger partial charge in [0.2, 0.25) is 11.9 Å². The minimum absolute atomic E-state index is 0.0630. The van der Waals surface area contributed by atoms with Crippen molar-refractivity contribution >= 4 is 23.6 Å². The van der Waals surface area contributed by atoms with Crippen molar-refractivity contribution in [3.8, 4) is 11.5 Å². The summed E-state index contributed by atoms with van der Waals surface area (Å²) < 4.78 is 11.2. The number of ether oxygens (including phenoxy) is 2. The molecule has 1 aliphatic carbocycles. The van der Waals surface area contributed by atoms with Crippen molar-refractivity contribution in [1.82, 2.24) is 0 Å². The van der Waals surface area contributed by atoms with Crippen LogP contribution in [0.4, 0.5) is 5.69 Å². The highest BCUT2D eigenvalue weighted by Crippen LogP contribution is 2.44. The molecule has 3 aliphatic rings. The summed E-state index contributed by atoms with van der Waals surface area (Å²) in [5, 5.41) is 9.76. The van der Waals surface area contributed by atoms with Crippen molar-refractivity contribution in [2.24, 2.45) is 21.5 Å². The van der Waals surface area contributed by atoms with E-state index in [9.17, 15) is 9.90 Å². The molecule has 9 heteroatoms. The molecule has 1 aromatic carbocycles. The largest absolute Gasteiger partial charge is 0.486 e. The number of nitrogens with two attached hydrogens (primary N) is 2. The number of carbonyl (C=O) groups is 1. The van der Waals surface area contributed by atoms with E-state index in [0.29, 0.717) is 30.4 Å². The van der Waals surface area contributed by atoms with E-state index in [0.717, 1.165) is 32.1 Å². The van der Waals surface area contributed by atoms with Gasteiger partial charge in [-0.15, -0.1) is 0 Å². The molecule has 2 heterocycles. The van der Waals surface area contributed by atoms with E-state index in [-0.39, 0.29) is 17.5 Å². The van der Waals surface area contributed by atoms with Gasteiger partial charge in [0.05, 0.1) is 11.3 Å². The minimum Gasteiger partial charge on any atom is -0.486 e. The number of nitrogens with zero attached hydrogens (tertiary/aromatic N) is 3. The fraction of sp³-hybridized carbons (Fsp3) is 0.471. The third-order valence-corrected chi connectivity index (χ3v) is 4.98. The van der Waals surface area contributed by atoms with E-state index >= 15 is 0 Å². The van der Waals surface area contributed by atoms with Crippen molar-refractivity contribution in [1.29, 1.82) is 0 Å². The Balaban J connectivity index is 1.89. The molecule has 0 unspecified atom stereocenters. The number of rotatable bonds is 2. The normalized spacial score (nSPS) is 21.2. The van der Waals surface area contributed by atoms with Crippen LogP contribution in [0.3, 0.4) is 0 Å². The van der Waals surface area contributed by atoms with E-state index in [4.69, 9.17) is 20.9 Å². The zero-order valence-corrected chi connectivity index (χ0v) is 14.3. The van der Waals surface area contributed by atoms with Crippen LogP contribution in [-0.4, -0.2) is 41.9 Å². The van der Waals surface area contributed by atoms with Gasteiger partial charge < -0.3 is 26.0 Å². The van der Waals surface area contributed by atoms with Crippen LogP contribution in [0.25, 0.3) is 0 Å². The maximum Gasteiger partial charge on any atom is 0.337 e. The number of carboxylic acids is 1. The number of guanidine groups is 2. The minimum atomic E-state index is -1.08. The zero-order valence-electron chi connectivity index (χ0n) is 14.3. The first kappa shape index (κ1) is 16.5. The molecular weight excluding hydrogens is 338 g/mol. The highest BCUT2D eigenvalue weighted by Gasteiger charge is 2.44. The van der Waals surface area contributed by atoms with Gasteiger partial charge in [-0.1, -0.05) is 6.42 Å². The second-order valence-corrected chi connectivity index (χ2v) is 6.64. The van der Waals surface area contributed by atoms with Gasteiger partial charge in [-0.2, -0.15) is 4.99 Å². The van der Waals surface area contributed by atoms with Crippen LogP contribution in [0.2, 0.25) is 0 Å². The molecule has 1 spiro atoms. The maximum atomic E-state index is 11.9. The second-order valence-electron chi connectivity index (χ2n) is 6.64. The molecule has 5 N–H and O–H groups in total. The standard InChI is InChI=1S/C17H21N5O4/c18-15-20-16(19)22(17(21-15)4-2-1-3-5-17)11-9-13-12(25-6-7-26-13)8-10(11)14(23)24/h8-9H,1-7H2,(H,23,24)(H4,18,19,20,21). The van der Waals surface area contributed by atoms with Gasteiger partial charge in [0.15, 0.2) is 11.5 Å². The summed E-state index contributed by atoms with van der Waals surface area (Å²) in [4.78, 5) is 22.3. The van der Waals surface area contributed by atoms with E-state index in [1.165, 1.54) is 6.07 Å². The number of carboxylic acid groups (broad SMARTS) is 1. The molecule has 1 saturated carbocycles. The molecule has 0 radical (unpaired) electrons. The lowest BCUT2D eigenvalue weighted by Gasteiger charge is -2.46. The lowest BCUT2D eigenvalue weighted by atomic mass is 9.87. The number of anilines is 1. The maximum absolute atomic E-state index is 11.9. The molecule has 26 heavy (non-hydrogen) atoms. The molecule has 0 aromatic heterocycles. The van der Waals surface area contributed by atoms with Gasteiger partial charge in [0, 0.05) is 12.1 Å². The number of aliphatic imine (C=N–C) groups is 2. The average molecular weight is 359 g/mol. The smallest absolute Gasteiger partial charge is 0.337 e. The van der Waals surface area contributed by atoms with Crippen LogP contribution in [-0.2, 0) is 0 Å². The van der Waals surface area contributed by atoms with Gasteiger partial charge in [-0.05, 0) is 25.7 Å². The predicted molar refractivity (Wildman–Crippen MR) is 95.9 cm³/mol. The predicted octanol–water partition coefficient (Wildman–Crippen LogP) is 1.27. The van der Waals surface area contributed by atoms with Gasteiger partial charge in [0.25, 0.3) is 0 Å². The van der Waals surface area contributed by atoms with Crippen LogP contribution < -0.4 is 25.8 Å². The molecule has 0 atom stereocenters. The van der Waals surface area contributed by atoms with Crippen LogP contribution >= 0.6 is 0 Å². The summed E-state index contributed by atoms with van der Waals surface area (Å²) in [5.74, 6) is 0.0649. The SMILES string of the molecule is NC1=NC2(CCCCC2)N(c2cc3c(cc2C(=O)O)OCCO3)C(N)=N1. The molecule has 0 amide bonds. The number of fused-ring (bicyclic) bond motifs is 1. The summed E-state index contributed by atoms with van der Waals surface area (Å²) in [6, 6.07) is 3.12. The average Bonchev–Trinajstić information content (AvgIpc) is 2.61. The fourth-order valence-corrected chi connectivity index (χ4v) is 3.90. The summed E-state index contributed by atoms with van der Waals surface area (Å²) in [7, 11) is 0. The summed E-state index contributed by atoms with van der Waals surface area (Å²) in [6.45, 7) is 0.780. The molecule has 2 aliphatic heterocycles. The Kier molecular flexibility index (Phi) is 3.86. The van der Waals surface area contributed by atoms with Crippen molar-refractivity contribution in [3.63, 3.8) is 0 Å². The third-order valence-electron chi connectivity index (χ3n) is 4.98. The van der Waals surface area contributed by atoms with Gasteiger partial charge in [0.1, 0.15) is 18.9 Å². The highest BCUT2D eigenvalue weighted by atomic mass is 16.6. The Labute approximate surface area is 150 Å². The number of aromatic carboxylic acids is 1. The molecule has 1 aromatic rings. The van der Waals surface area contributed by atoms with Crippen molar-refractivity contribution in [3.05, 3.63) is 17.7 Å². The summed E-state index contributed by atoms with van der Waals surface area (Å²) in [5.41, 5.74) is 11.8. The zero-order chi connectivity index (χ0) is 18.3. The lowest BCUT2D eigenvalue weighted by molar-refractivity contribution is 0.0696. The molecule has 9 nitrogen and oxygen atoms in total. The topological polar surface area (TPSA) is 136 Å². The van der Waals surface area contributed by atoms with E-state index in [1.54, 1.807) is 11.0 Å². The molecular formula is C17H21N5O4. The molecule has 4 rings (SSSR count). The Morgan fingerprint density at radius 3 is 2.42 bits per heavy atom. The molecule has 0 bridgehead atoms. The monoisotopic (exact) mass is 359 g/mol. The number of benzene rings is 1. The van der Waals surface area contributed by atoms with Gasteiger partial charge in [-0.25, -0.2) is 9.79 Å². The number of hydrogen-bond acceptors (Lipinski definition) is 8. The van der Waals surface area contributed by atoms with Crippen molar-refractivity contribution in [2.45, 2.75) is 37.8 Å². The Bertz CT molecular complexity index is 814. The first-order valence-corrected chi connectivity index (χ1v) is 8.67. The quantitative estimate of drug-likeness (QED) is 0.723. The summed E-state index contributed by atoms with van der Waals surface area (Å²) in [6.07, 6.45) is 4.44. The Morgan fingerprint density at radius 2 is 1.77 bits per heavy atom. The van der Waals surface area contributed by atoms with Crippen LogP contribution in [0.1, 0.15) is 42.5 Å². The van der Waals surface area contributed by atoms with Crippen LogP contribution in [0, 0.1) is 0 Å². The van der Waals surface area contributed by atoms with E-state index < -0.39 is 11.6 Å². The van der Waals surface area contributed by atoms with Crippen molar-refractivity contribution in [2.75, 3.05) is 18.1 Å².